The Labute approximate surface area is 423 Å². The molecule has 1 saturated carbocycles. The Morgan fingerprint density at radius 1 is 1.01 bits per heavy atom. The molecule has 5 aromatic rings. The number of carbonyl (C=O) groups excluding carboxylic acids is 4. The number of hydrogen-bond acceptors (Lipinski definition) is 11. The molecule has 2 N–H and O–H groups in total. The maximum absolute atomic E-state index is 14.8. The first kappa shape index (κ1) is 51.7. The predicted molar refractivity (Wildman–Crippen MR) is 278 cm³/mol. The first-order valence-electron chi connectivity index (χ1n) is 25.4. The van der Waals surface area contributed by atoms with Crippen LogP contribution in [0.5, 0.6) is 5.75 Å². The molecule has 1 saturated heterocycles. The average molecular weight is 979 g/mol. The van der Waals surface area contributed by atoms with Crippen molar-refractivity contribution >= 4 is 40.6 Å². The fraction of sp³-hybridized carbons (Fsp3) is 0.474. The van der Waals surface area contributed by atoms with Crippen molar-refractivity contribution in [3.63, 3.8) is 0 Å². The number of aromatic nitrogens is 2. The molecular weight excluding hydrogens is 909 g/mol. The second-order valence-electron chi connectivity index (χ2n) is 20.7. The van der Waals surface area contributed by atoms with Crippen LogP contribution in [0.2, 0.25) is 0 Å². The van der Waals surface area contributed by atoms with Crippen LogP contribution in [-0.2, 0) is 54.6 Å². The van der Waals surface area contributed by atoms with Gasteiger partial charge in [0, 0.05) is 73.2 Å². The van der Waals surface area contributed by atoms with Gasteiger partial charge in [-0.25, -0.2) is 15.4 Å². The zero-order chi connectivity index (χ0) is 51.3. The number of ether oxygens (including phenoxy) is 3. The summed E-state index contributed by atoms with van der Waals surface area (Å²) in [4.78, 5) is 72.5. The molecule has 8 rings (SSSR count). The van der Waals surface area contributed by atoms with Crippen molar-refractivity contribution in [3.05, 3.63) is 107 Å². The fourth-order valence-electron chi connectivity index (χ4n) is 10.6. The Bertz CT molecular complexity index is 2860. The van der Waals surface area contributed by atoms with Gasteiger partial charge in [0.2, 0.25) is 11.8 Å². The van der Waals surface area contributed by atoms with Gasteiger partial charge in [-0.05, 0) is 104 Å². The molecule has 15 nitrogen and oxygen atoms in total. The van der Waals surface area contributed by atoms with E-state index in [9.17, 15) is 19.2 Å². The molecule has 72 heavy (non-hydrogen) atoms. The highest BCUT2D eigenvalue weighted by atomic mass is 16.5. The molecule has 4 heterocycles. The predicted octanol–water partition coefficient (Wildman–Crippen LogP) is 8.39. The summed E-state index contributed by atoms with van der Waals surface area (Å²) in [6.45, 7) is 13.7. The van der Waals surface area contributed by atoms with Crippen LogP contribution in [0.3, 0.4) is 0 Å². The number of esters is 1. The highest BCUT2D eigenvalue weighted by Crippen LogP contribution is 2.42. The Kier molecular flexibility index (Phi) is 16.1. The van der Waals surface area contributed by atoms with Crippen LogP contribution in [0.15, 0.2) is 95.0 Å². The van der Waals surface area contributed by atoms with Crippen molar-refractivity contribution in [2.45, 2.75) is 123 Å². The van der Waals surface area contributed by atoms with Crippen molar-refractivity contribution in [2.24, 2.45) is 27.2 Å². The molecule has 2 aromatic heterocycles. The standard InChI is InChI=1S/C57H70N8O7/c1-10-64-48-23-22-39-30-44(48)45(52(64)43-19-14-24-59-50(43)36(4)70-8)31-57(5,6)33-72-56(69)46-20-15-25-65(62-46)55(68)47(27-37-16-13-18-38(39)26-37)61-53(66)51(35(2)3)63(7)54(67)41-28-42(29-41)60-34-58-32-40-17-11-12-21-49(40)71-9/h11-14,16-19,21-24,26,30,35-36,41-42,46-47,51,62H,10,15,20,25,27-29,31-33H2,1-9H3,(H,61,66)/t36-,41?,42?,46-,47-,51-/m0/s1. The molecule has 3 aromatic carbocycles. The number of methoxy groups -OCH3 is 2. The van der Waals surface area contributed by atoms with E-state index in [0.29, 0.717) is 51.7 Å². The smallest absolute Gasteiger partial charge is 0.324 e. The number of hydrogen-bond donors (Lipinski definition) is 2. The molecule has 0 unspecified atom stereocenters. The molecule has 3 aliphatic rings. The molecular formula is C57H70N8O7. The summed E-state index contributed by atoms with van der Waals surface area (Å²) in [5.41, 5.74) is 11.5. The van der Waals surface area contributed by atoms with Gasteiger partial charge in [0.25, 0.3) is 5.91 Å². The Hall–Kier alpha value is -6.67. The molecule has 0 radical (unpaired) electrons. The number of pyridine rings is 1. The van der Waals surface area contributed by atoms with Crippen LogP contribution < -0.4 is 15.5 Å². The molecule has 1 aliphatic carbocycles. The third kappa shape index (κ3) is 11.2. The lowest BCUT2D eigenvalue weighted by Gasteiger charge is -2.39. The Balaban J connectivity index is 1.09. The van der Waals surface area contributed by atoms with E-state index < -0.39 is 35.4 Å². The number of aliphatic imine (C=N–C) groups is 2. The quantitative estimate of drug-likeness (QED) is 0.0870. The number of para-hydroxylation sites is 1. The normalized spacial score (nSPS) is 20.8. The number of nitrogens with zero attached hydrogens (tertiary/aromatic N) is 6. The van der Waals surface area contributed by atoms with Gasteiger partial charge < -0.3 is 29.0 Å². The number of amides is 3. The SMILES string of the molecule is CCn1c(-c2cccnc2[C@H](C)OC)c2c3cc(ccc31)-c1cccc(c1)C[C@H](NC(=O)[C@H](C(C)C)N(C)C(=O)C1CC(N=C=NCc3ccccc3OC)C1)C(=O)N1CCC[C@H](N1)C(=O)OCC(C)(C)C2. The van der Waals surface area contributed by atoms with Gasteiger partial charge in [0.05, 0.1) is 49.8 Å². The van der Waals surface area contributed by atoms with Gasteiger partial charge >= 0.3 is 5.97 Å². The minimum absolute atomic E-state index is 0.103. The summed E-state index contributed by atoms with van der Waals surface area (Å²) in [5.74, 6) is -1.26. The fourth-order valence-corrected chi connectivity index (χ4v) is 10.6. The summed E-state index contributed by atoms with van der Waals surface area (Å²) in [6.07, 6.45) is 4.37. The summed E-state index contributed by atoms with van der Waals surface area (Å²) in [7, 11) is 4.97. The highest BCUT2D eigenvalue weighted by molar-refractivity contribution is 5.96. The lowest BCUT2D eigenvalue weighted by Crippen LogP contribution is -2.62. The highest BCUT2D eigenvalue weighted by Gasteiger charge is 2.42. The second kappa shape index (κ2) is 22.4. The van der Waals surface area contributed by atoms with E-state index in [-0.39, 0.29) is 48.8 Å². The zero-order valence-electron chi connectivity index (χ0n) is 43.2. The third-order valence-corrected chi connectivity index (χ3v) is 14.5. The maximum atomic E-state index is 14.8. The van der Waals surface area contributed by atoms with Gasteiger partial charge in [0.1, 0.15) is 23.9 Å². The number of fused-ring (bicyclic) bond motifs is 6. The van der Waals surface area contributed by atoms with Crippen molar-refractivity contribution < 1.29 is 33.4 Å². The minimum atomic E-state index is -1.03. The van der Waals surface area contributed by atoms with E-state index in [4.69, 9.17) is 19.2 Å². The molecule has 3 amide bonds. The van der Waals surface area contributed by atoms with Crippen molar-refractivity contribution in [1.82, 2.24) is 30.2 Å². The minimum Gasteiger partial charge on any atom is -0.496 e. The van der Waals surface area contributed by atoms with E-state index in [2.05, 4.69) is 88.5 Å². The van der Waals surface area contributed by atoms with Gasteiger partial charge in [-0.1, -0.05) is 76.2 Å². The lowest BCUT2D eigenvalue weighted by molar-refractivity contribution is -0.155. The molecule has 6 bridgehead atoms. The monoisotopic (exact) mass is 979 g/mol. The van der Waals surface area contributed by atoms with Crippen LogP contribution in [0.25, 0.3) is 33.3 Å². The van der Waals surface area contributed by atoms with E-state index >= 15 is 0 Å². The largest absolute Gasteiger partial charge is 0.496 e. The van der Waals surface area contributed by atoms with Gasteiger partial charge in [-0.2, -0.15) is 0 Å². The van der Waals surface area contributed by atoms with Crippen LogP contribution in [0.4, 0.5) is 0 Å². The Morgan fingerprint density at radius 2 is 1.79 bits per heavy atom. The lowest BCUT2D eigenvalue weighted by atomic mass is 9.79. The first-order chi connectivity index (χ1) is 34.6. The van der Waals surface area contributed by atoms with Crippen LogP contribution in [0, 0.1) is 17.3 Å². The number of cyclic esters (lactones) is 1. The summed E-state index contributed by atoms with van der Waals surface area (Å²) in [6, 6.07) is 26.4. The van der Waals surface area contributed by atoms with Crippen molar-refractivity contribution in [1.29, 1.82) is 0 Å². The second-order valence-corrected chi connectivity index (χ2v) is 20.7. The van der Waals surface area contributed by atoms with E-state index in [0.717, 1.165) is 61.4 Å². The van der Waals surface area contributed by atoms with Gasteiger partial charge in [-0.15, -0.1) is 0 Å². The van der Waals surface area contributed by atoms with Crippen molar-refractivity contribution in [2.75, 3.05) is 34.4 Å². The summed E-state index contributed by atoms with van der Waals surface area (Å²) >= 11 is 0. The zero-order valence-corrected chi connectivity index (χ0v) is 43.2. The van der Waals surface area contributed by atoms with Gasteiger partial charge in [0.15, 0.2) is 0 Å². The molecule has 380 valence electrons. The van der Waals surface area contributed by atoms with E-state index in [1.54, 1.807) is 27.5 Å². The number of rotatable bonds is 13. The molecule has 2 fully saturated rings. The van der Waals surface area contributed by atoms with Crippen LogP contribution in [-0.4, -0.2) is 108 Å². The number of likely N-dealkylation sites (N-methyl/N-ethyl adjacent to an activating group) is 1. The van der Waals surface area contributed by atoms with Crippen LogP contribution in [0.1, 0.15) is 95.7 Å². The van der Waals surface area contributed by atoms with E-state index in [1.165, 1.54) is 9.91 Å². The molecule has 4 atom stereocenters. The van der Waals surface area contributed by atoms with Crippen molar-refractivity contribution in [3.8, 4) is 28.1 Å². The average Bonchev–Trinajstić information content (AvgIpc) is 3.67. The summed E-state index contributed by atoms with van der Waals surface area (Å²) in [5, 5.41) is 5.64. The van der Waals surface area contributed by atoms with Gasteiger partial charge in [-0.3, -0.25) is 29.2 Å². The third-order valence-electron chi connectivity index (χ3n) is 14.5. The van der Waals surface area contributed by atoms with Crippen LogP contribution >= 0.6 is 0 Å². The number of carbonyl (C=O) groups is 4. The molecule has 15 heteroatoms. The number of aryl methyl sites for hydroxylation is 1. The first-order valence-corrected chi connectivity index (χ1v) is 25.4. The van der Waals surface area contributed by atoms with E-state index in [1.807, 2.05) is 63.2 Å². The summed E-state index contributed by atoms with van der Waals surface area (Å²) < 4.78 is 19.7. The number of benzene rings is 3. The topological polar surface area (TPSA) is 169 Å². The molecule has 0 spiro atoms. The number of hydrazine groups is 1. The maximum Gasteiger partial charge on any atom is 0.324 e. The Morgan fingerprint density at radius 3 is 2.54 bits per heavy atom. The molecule has 2 aliphatic heterocycles. The number of nitrogens with one attached hydrogen (secondary N) is 2.